The van der Waals surface area contributed by atoms with Gasteiger partial charge in [0.05, 0.1) is 7.11 Å². The first-order valence-corrected chi connectivity index (χ1v) is 7.50. The zero-order chi connectivity index (χ0) is 15.4. The van der Waals surface area contributed by atoms with Gasteiger partial charge in [-0.25, -0.2) is 9.78 Å². The third kappa shape index (κ3) is 3.10. The van der Waals surface area contributed by atoms with Crippen LogP contribution in [0, 0.1) is 0 Å². The molecule has 22 heavy (non-hydrogen) atoms. The molecule has 2 aromatic heterocycles. The van der Waals surface area contributed by atoms with E-state index in [9.17, 15) is 4.79 Å². The van der Waals surface area contributed by atoms with Gasteiger partial charge in [-0.2, -0.15) is 0 Å². The summed E-state index contributed by atoms with van der Waals surface area (Å²) in [6.45, 7) is 2.24. The Balaban J connectivity index is 1.67. The zero-order valence-corrected chi connectivity index (χ0v) is 12.7. The van der Waals surface area contributed by atoms with Crippen molar-refractivity contribution in [1.82, 2.24) is 19.4 Å². The molecule has 0 aromatic carbocycles. The lowest BCUT2D eigenvalue weighted by molar-refractivity contribution is 0.111. The summed E-state index contributed by atoms with van der Waals surface area (Å²) in [4.78, 5) is 21.9. The Morgan fingerprint density at radius 3 is 2.68 bits per heavy atom. The van der Waals surface area contributed by atoms with Crippen LogP contribution in [-0.4, -0.2) is 45.7 Å². The van der Waals surface area contributed by atoms with Gasteiger partial charge < -0.3 is 14.2 Å². The predicted octanol–water partition coefficient (Wildman–Crippen LogP) is 2.27. The van der Waals surface area contributed by atoms with Gasteiger partial charge >= 0.3 is 6.09 Å². The number of pyridine rings is 1. The molecule has 116 valence electrons. The van der Waals surface area contributed by atoms with Crippen LogP contribution in [0.15, 0.2) is 36.9 Å². The number of hydrogen-bond donors (Lipinski definition) is 0. The third-order valence-corrected chi connectivity index (χ3v) is 4.14. The Morgan fingerprint density at radius 1 is 1.27 bits per heavy atom. The number of piperidine rings is 1. The number of likely N-dealkylation sites (tertiary alicyclic amines) is 1. The molecule has 1 amide bonds. The first-order chi connectivity index (χ1) is 10.8. The van der Waals surface area contributed by atoms with E-state index in [-0.39, 0.29) is 6.09 Å². The van der Waals surface area contributed by atoms with E-state index in [1.54, 1.807) is 17.3 Å². The van der Waals surface area contributed by atoms with Crippen LogP contribution in [0.2, 0.25) is 0 Å². The van der Waals surface area contributed by atoms with Gasteiger partial charge in [0.15, 0.2) is 0 Å². The predicted molar refractivity (Wildman–Crippen MR) is 81.5 cm³/mol. The summed E-state index contributed by atoms with van der Waals surface area (Å²) >= 11 is 0. The van der Waals surface area contributed by atoms with Crippen molar-refractivity contribution < 1.29 is 9.53 Å². The van der Waals surface area contributed by atoms with Crippen molar-refractivity contribution in [3.8, 4) is 0 Å². The summed E-state index contributed by atoms with van der Waals surface area (Å²) in [5.41, 5.74) is 1.21. The molecule has 3 heterocycles. The number of hydrogen-bond acceptors (Lipinski definition) is 4. The fourth-order valence-corrected chi connectivity index (χ4v) is 2.95. The third-order valence-electron chi connectivity index (χ3n) is 4.14. The van der Waals surface area contributed by atoms with Crippen LogP contribution in [-0.2, 0) is 11.3 Å². The summed E-state index contributed by atoms with van der Waals surface area (Å²) in [7, 11) is 1.43. The standard InChI is InChI=1S/C16H20N4O2/c1-22-16(21)19-9-4-14(5-10-19)15-18-8-11-20(15)12-13-2-6-17-7-3-13/h2-3,6-8,11,14H,4-5,9-10,12H2,1H3. The zero-order valence-electron chi connectivity index (χ0n) is 12.7. The normalized spacial score (nSPS) is 15.8. The molecule has 0 unspecified atom stereocenters. The largest absolute Gasteiger partial charge is 0.453 e. The number of carbonyl (C=O) groups is 1. The van der Waals surface area contributed by atoms with Crippen LogP contribution >= 0.6 is 0 Å². The van der Waals surface area contributed by atoms with Gasteiger partial charge in [0.25, 0.3) is 0 Å². The lowest BCUT2D eigenvalue weighted by atomic mass is 9.96. The molecular weight excluding hydrogens is 280 g/mol. The Labute approximate surface area is 129 Å². The molecule has 1 saturated heterocycles. The van der Waals surface area contributed by atoms with Crippen molar-refractivity contribution in [3.05, 3.63) is 48.3 Å². The molecule has 0 aliphatic carbocycles. The van der Waals surface area contributed by atoms with Gasteiger partial charge in [-0.3, -0.25) is 4.98 Å². The quantitative estimate of drug-likeness (QED) is 0.872. The number of rotatable bonds is 3. The van der Waals surface area contributed by atoms with Crippen LogP contribution in [0.4, 0.5) is 4.79 Å². The van der Waals surface area contributed by atoms with E-state index in [0.717, 1.165) is 38.3 Å². The second-order valence-electron chi connectivity index (χ2n) is 5.50. The van der Waals surface area contributed by atoms with Crippen molar-refractivity contribution >= 4 is 6.09 Å². The van der Waals surface area contributed by atoms with Crippen molar-refractivity contribution in [3.63, 3.8) is 0 Å². The van der Waals surface area contributed by atoms with Crippen LogP contribution < -0.4 is 0 Å². The smallest absolute Gasteiger partial charge is 0.409 e. The molecule has 0 atom stereocenters. The highest BCUT2D eigenvalue weighted by atomic mass is 16.5. The van der Waals surface area contributed by atoms with E-state index in [2.05, 4.69) is 14.5 Å². The fraction of sp³-hybridized carbons (Fsp3) is 0.438. The minimum atomic E-state index is -0.237. The minimum absolute atomic E-state index is 0.237. The molecule has 0 spiro atoms. The first-order valence-electron chi connectivity index (χ1n) is 7.50. The van der Waals surface area contributed by atoms with Crippen LogP contribution in [0.3, 0.4) is 0 Å². The molecule has 3 rings (SSSR count). The molecule has 0 saturated carbocycles. The van der Waals surface area contributed by atoms with E-state index < -0.39 is 0 Å². The van der Waals surface area contributed by atoms with Gasteiger partial charge in [-0.05, 0) is 30.5 Å². The molecule has 1 aliphatic rings. The van der Waals surface area contributed by atoms with Crippen molar-refractivity contribution in [2.75, 3.05) is 20.2 Å². The molecule has 0 radical (unpaired) electrons. The average molecular weight is 300 g/mol. The van der Waals surface area contributed by atoms with Crippen molar-refractivity contribution in [2.45, 2.75) is 25.3 Å². The van der Waals surface area contributed by atoms with Gasteiger partial charge in [0, 0.05) is 50.3 Å². The molecule has 6 nitrogen and oxygen atoms in total. The number of carbonyl (C=O) groups excluding carboxylic acids is 1. The van der Waals surface area contributed by atoms with Crippen LogP contribution in [0.1, 0.15) is 30.1 Å². The van der Waals surface area contributed by atoms with Crippen LogP contribution in [0.5, 0.6) is 0 Å². The van der Waals surface area contributed by atoms with Gasteiger partial charge in [-0.15, -0.1) is 0 Å². The van der Waals surface area contributed by atoms with Crippen molar-refractivity contribution in [1.29, 1.82) is 0 Å². The first kappa shape index (κ1) is 14.6. The average Bonchev–Trinajstić information content (AvgIpc) is 3.03. The minimum Gasteiger partial charge on any atom is -0.453 e. The van der Waals surface area contributed by atoms with Crippen molar-refractivity contribution in [2.24, 2.45) is 0 Å². The highest BCUT2D eigenvalue weighted by molar-refractivity contribution is 5.67. The van der Waals surface area contributed by atoms with Gasteiger partial charge in [0.1, 0.15) is 5.82 Å². The maximum atomic E-state index is 11.5. The Kier molecular flexibility index (Phi) is 4.37. The fourth-order valence-electron chi connectivity index (χ4n) is 2.95. The number of aromatic nitrogens is 3. The summed E-state index contributed by atoms with van der Waals surface area (Å²) in [5, 5.41) is 0. The molecule has 1 fully saturated rings. The van der Waals surface area contributed by atoms with E-state index in [0.29, 0.717) is 5.92 Å². The van der Waals surface area contributed by atoms with E-state index in [1.165, 1.54) is 12.7 Å². The number of ether oxygens (including phenoxy) is 1. The number of imidazole rings is 1. The highest BCUT2D eigenvalue weighted by Gasteiger charge is 2.26. The van der Waals surface area contributed by atoms with Gasteiger partial charge in [-0.1, -0.05) is 0 Å². The second kappa shape index (κ2) is 6.60. The summed E-state index contributed by atoms with van der Waals surface area (Å²) in [6.07, 6.45) is 9.08. The van der Waals surface area contributed by atoms with Gasteiger partial charge in [0.2, 0.25) is 0 Å². The molecule has 0 N–H and O–H groups in total. The summed E-state index contributed by atoms with van der Waals surface area (Å²) in [5.74, 6) is 1.49. The molecule has 6 heteroatoms. The lowest BCUT2D eigenvalue weighted by Gasteiger charge is -2.30. The molecular formula is C16H20N4O2. The van der Waals surface area contributed by atoms with E-state index in [1.807, 2.05) is 24.5 Å². The maximum Gasteiger partial charge on any atom is 0.409 e. The Morgan fingerprint density at radius 2 is 2.00 bits per heavy atom. The topological polar surface area (TPSA) is 60.2 Å². The molecule has 1 aliphatic heterocycles. The number of methoxy groups -OCH3 is 1. The van der Waals surface area contributed by atoms with Crippen LogP contribution in [0.25, 0.3) is 0 Å². The SMILES string of the molecule is COC(=O)N1CCC(c2nccn2Cc2ccncc2)CC1. The summed E-state index contributed by atoms with van der Waals surface area (Å²) in [6, 6.07) is 4.03. The summed E-state index contributed by atoms with van der Waals surface area (Å²) < 4.78 is 6.97. The maximum absolute atomic E-state index is 11.5. The second-order valence-corrected chi connectivity index (χ2v) is 5.50. The monoisotopic (exact) mass is 300 g/mol. The highest BCUT2D eigenvalue weighted by Crippen LogP contribution is 2.27. The number of amides is 1. The Hall–Kier alpha value is -2.37. The lowest BCUT2D eigenvalue weighted by Crippen LogP contribution is -2.38. The number of nitrogens with zero attached hydrogens (tertiary/aromatic N) is 4. The molecule has 0 bridgehead atoms. The molecule has 2 aromatic rings. The van der Waals surface area contributed by atoms with E-state index >= 15 is 0 Å². The Bertz CT molecular complexity index is 618. The van der Waals surface area contributed by atoms with E-state index in [4.69, 9.17) is 4.74 Å².